The molecule has 0 N–H and O–H groups in total. The lowest BCUT2D eigenvalue weighted by atomic mass is 10.1. The number of likely N-dealkylation sites (tertiary alicyclic amines) is 1. The predicted octanol–water partition coefficient (Wildman–Crippen LogP) is 2.70. The number of carbonyl (C=O) groups excluding carboxylic acids is 1. The van der Waals surface area contributed by atoms with Gasteiger partial charge in [-0.2, -0.15) is 0 Å². The quantitative estimate of drug-likeness (QED) is 0.801. The summed E-state index contributed by atoms with van der Waals surface area (Å²) in [7, 11) is 3.16. The third-order valence-electron chi connectivity index (χ3n) is 3.34. The molecular formula is C14H18BrNO3. The number of methoxy groups -OCH3 is 2. The standard InChI is InChI=1S/C14H18BrNO3/c1-18-12-4-3-10(9-13(12)19-2)14(17)16-7-5-11(15)6-8-16/h3-4,9,11H,5-8H2,1-2H3. The summed E-state index contributed by atoms with van der Waals surface area (Å²) in [5.74, 6) is 1.28. The largest absolute Gasteiger partial charge is 0.493 e. The van der Waals surface area contributed by atoms with Gasteiger partial charge in [0.25, 0.3) is 5.91 Å². The number of piperidine rings is 1. The molecule has 19 heavy (non-hydrogen) atoms. The average Bonchev–Trinajstić information content (AvgIpc) is 2.46. The molecule has 4 nitrogen and oxygen atoms in total. The summed E-state index contributed by atoms with van der Waals surface area (Å²) in [5.41, 5.74) is 0.644. The molecule has 1 fully saturated rings. The number of hydrogen-bond acceptors (Lipinski definition) is 3. The second-order valence-corrected chi connectivity index (χ2v) is 5.83. The minimum absolute atomic E-state index is 0.0559. The van der Waals surface area contributed by atoms with Crippen molar-refractivity contribution in [2.75, 3.05) is 27.3 Å². The fourth-order valence-electron chi connectivity index (χ4n) is 2.20. The van der Waals surface area contributed by atoms with Gasteiger partial charge in [0.05, 0.1) is 14.2 Å². The Bertz CT molecular complexity index is 456. The van der Waals surface area contributed by atoms with Crippen molar-refractivity contribution in [1.29, 1.82) is 0 Å². The number of rotatable bonds is 3. The molecule has 0 saturated carbocycles. The van der Waals surface area contributed by atoms with Crippen LogP contribution in [0, 0.1) is 0 Å². The monoisotopic (exact) mass is 327 g/mol. The molecule has 1 amide bonds. The van der Waals surface area contributed by atoms with Crippen molar-refractivity contribution in [3.63, 3.8) is 0 Å². The molecule has 0 aromatic heterocycles. The molecule has 0 aliphatic carbocycles. The number of halogens is 1. The van der Waals surface area contributed by atoms with Crippen molar-refractivity contribution >= 4 is 21.8 Å². The van der Waals surface area contributed by atoms with Crippen LogP contribution in [0.4, 0.5) is 0 Å². The van der Waals surface area contributed by atoms with E-state index in [0.29, 0.717) is 21.9 Å². The van der Waals surface area contributed by atoms with Crippen LogP contribution in [0.1, 0.15) is 23.2 Å². The Labute approximate surface area is 121 Å². The Balaban J connectivity index is 2.15. The van der Waals surface area contributed by atoms with E-state index in [1.807, 2.05) is 4.90 Å². The van der Waals surface area contributed by atoms with E-state index >= 15 is 0 Å². The maximum absolute atomic E-state index is 12.4. The molecule has 0 unspecified atom stereocenters. The molecule has 1 aliphatic heterocycles. The summed E-state index contributed by atoms with van der Waals surface area (Å²) in [6.07, 6.45) is 2.00. The van der Waals surface area contributed by atoms with Crippen molar-refractivity contribution in [2.24, 2.45) is 0 Å². The molecule has 1 aliphatic rings. The van der Waals surface area contributed by atoms with Crippen LogP contribution in [0.25, 0.3) is 0 Å². The molecule has 0 bridgehead atoms. The van der Waals surface area contributed by atoms with Crippen LogP contribution in [-0.2, 0) is 0 Å². The second kappa shape index (κ2) is 6.28. The highest BCUT2D eigenvalue weighted by atomic mass is 79.9. The first-order chi connectivity index (χ1) is 9.15. The van der Waals surface area contributed by atoms with E-state index in [1.165, 1.54) is 0 Å². The van der Waals surface area contributed by atoms with Gasteiger partial charge in [-0.3, -0.25) is 4.79 Å². The van der Waals surface area contributed by atoms with Crippen LogP contribution in [-0.4, -0.2) is 42.9 Å². The zero-order valence-corrected chi connectivity index (χ0v) is 12.8. The van der Waals surface area contributed by atoms with Crippen molar-refractivity contribution in [2.45, 2.75) is 17.7 Å². The zero-order valence-electron chi connectivity index (χ0n) is 11.2. The summed E-state index contributed by atoms with van der Waals surface area (Å²) in [5, 5.41) is 0. The van der Waals surface area contributed by atoms with Crippen molar-refractivity contribution in [3.8, 4) is 11.5 Å². The SMILES string of the molecule is COc1ccc(C(=O)N2CCC(Br)CC2)cc1OC. The van der Waals surface area contributed by atoms with E-state index in [-0.39, 0.29) is 5.91 Å². The fraction of sp³-hybridized carbons (Fsp3) is 0.500. The lowest BCUT2D eigenvalue weighted by Crippen LogP contribution is -2.38. The predicted molar refractivity (Wildman–Crippen MR) is 77.4 cm³/mol. The second-order valence-electron chi connectivity index (χ2n) is 4.54. The summed E-state index contributed by atoms with van der Waals surface area (Å²) in [4.78, 5) is 14.8. The van der Waals surface area contributed by atoms with E-state index in [0.717, 1.165) is 25.9 Å². The van der Waals surface area contributed by atoms with Gasteiger partial charge in [-0.15, -0.1) is 0 Å². The van der Waals surface area contributed by atoms with E-state index < -0.39 is 0 Å². The van der Waals surface area contributed by atoms with Gasteiger partial charge < -0.3 is 14.4 Å². The maximum Gasteiger partial charge on any atom is 0.253 e. The van der Waals surface area contributed by atoms with Crippen LogP contribution in [0.2, 0.25) is 0 Å². The Morgan fingerprint density at radius 2 is 1.84 bits per heavy atom. The number of hydrogen-bond donors (Lipinski definition) is 0. The third-order valence-corrected chi connectivity index (χ3v) is 4.26. The average molecular weight is 328 g/mol. The highest BCUT2D eigenvalue weighted by Gasteiger charge is 2.22. The first-order valence-electron chi connectivity index (χ1n) is 6.31. The molecule has 0 atom stereocenters. The molecule has 1 saturated heterocycles. The minimum Gasteiger partial charge on any atom is -0.493 e. The van der Waals surface area contributed by atoms with Crippen LogP contribution in [0.5, 0.6) is 11.5 Å². The number of amides is 1. The minimum atomic E-state index is 0.0559. The van der Waals surface area contributed by atoms with Gasteiger partial charge in [0.15, 0.2) is 11.5 Å². The molecule has 1 heterocycles. The van der Waals surface area contributed by atoms with E-state index in [1.54, 1.807) is 32.4 Å². The van der Waals surface area contributed by atoms with Crippen LogP contribution < -0.4 is 9.47 Å². The molecule has 0 spiro atoms. The molecule has 0 radical (unpaired) electrons. The molecule has 1 aromatic rings. The van der Waals surface area contributed by atoms with E-state index in [2.05, 4.69) is 15.9 Å². The van der Waals surface area contributed by atoms with Gasteiger partial charge in [-0.25, -0.2) is 0 Å². The van der Waals surface area contributed by atoms with Crippen molar-refractivity contribution < 1.29 is 14.3 Å². The van der Waals surface area contributed by atoms with Crippen LogP contribution >= 0.6 is 15.9 Å². The van der Waals surface area contributed by atoms with Crippen LogP contribution in [0.15, 0.2) is 18.2 Å². The summed E-state index contributed by atoms with van der Waals surface area (Å²) in [6, 6.07) is 5.29. The topological polar surface area (TPSA) is 38.8 Å². The highest BCUT2D eigenvalue weighted by molar-refractivity contribution is 9.09. The van der Waals surface area contributed by atoms with Gasteiger partial charge in [0, 0.05) is 23.5 Å². The third kappa shape index (κ3) is 3.21. The molecular weight excluding hydrogens is 310 g/mol. The number of alkyl halides is 1. The number of carbonyl (C=O) groups is 1. The molecule has 1 aromatic carbocycles. The first kappa shape index (κ1) is 14.2. The number of ether oxygens (including phenoxy) is 2. The zero-order chi connectivity index (χ0) is 13.8. The van der Waals surface area contributed by atoms with Crippen molar-refractivity contribution in [3.05, 3.63) is 23.8 Å². The summed E-state index contributed by atoms with van der Waals surface area (Å²) in [6.45, 7) is 1.59. The van der Waals surface area contributed by atoms with E-state index in [9.17, 15) is 4.79 Å². The Morgan fingerprint density at radius 1 is 1.21 bits per heavy atom. The summed E-state index contributed by atoms with van der Waals surface area (Å²) >= 11 is 3.59. The maximum atomic E-state index is 12.4. The lowest BCUT2D eigenvalue weighted by Gasteiger charge is -2.29. The summed E-state index contributed by atoms with van der Waals surface area (Å²) < 4.78 is 10.4. The fourth-order valence-corrected chi connectivity index (χ4v) is 2.61. The van der Waals surface area contributed by atoms with Gasteiger partial charge in [-0.1, -0.05) is 15.9 Å². The Morgan fingerprint density at radius 3 is 2.42 bits per heavy atom. The molecule has 5 heteroatoms. The van der Waals surface area contributed by atoms with E-state index in [4.69, 9.17) is 9.47 Å². The Kier molecular flexibility index (Phi) is 4.69. The smallest absolute Gasteiger partial charge is 0.253 e. The number of benzene rings is 1. The number of nitrogens with zero attached hydrogens (tertiary/aromatic N) is 1. The van der Waals surface area contributed by atoms with Crippen LogP contribution in [0.3, 0.4) is 0 Å². The van der Waals surface area contributed by atoms with Crippen molar-refractivity contribution in [1.82, 2.24) is 4.90 Å². The molecule has 104 valence electrons. The van der Waals surface area contributed by atoms with Gasteiger partial charge in [-0.05, 0) is 31.0 Å². The first-order valence-corrected chi connectivity index (χ1v) is 7.22. The van der Waals surface area contributed by atoms with Gasteiger partial charge >= 0.3 is 0 Å². The van der Waals surface area contributed by atoms with Gasteiger partial charge in [0.1, 0.15) is 0 Å². The normalized spacial score (nSPS) is 16.3. The Hall–Kier alpha value is -1.23. The highest BCUT2D eigenvalue weighted by Crippen LogP contribution is 2.28. The molecule has 2 rings (SSSR count). The lowest BCUT2D eigenvalue weighted by molar-refractivity contribution is 0.0728. The van der Waals surface area contributed by atoms with Gasteiger partial charge in [0.2, 0.25) is 0 Å².